The lowest BCUT2D eigenvalue weighted by Crippen LogP contribution is -2.10. The number of hydrogen-bond donors (Lipinski definition) is 1. The zero-order valence-electron chi connectivity index (χ0n) is 15.3. The lowest BCUT2D eigenvalue weighted by molar-refractivity contribution is 0.0508. The summed E-state index contributed by atoms with van der Waals surface area (Å²) in [4.78, 5) is 22.1. The monoisotopic (exact) mass is 360 g/mol. The van der Waals surface area contributed by atoms with Gasteiger partial charge in [0.15, 0.2) is 5.65 Å². The molecule has 136 valence electrons. The molecule has 0 aliphatic carbocycles. The normalized spacial score (nSPS) is 11.2. The topological polar surface area (TPSA) is 83.0 Å². The zero-order chi connectivity index (χ0) is 19.0. The van der Waals surface area contributed by atoms with Crippen LogP contribution in [-0.2, 0) is 4.74 Å². The van der Waals surface area contributed by atoms with E-state index in [9.17, 15) is 4.79 Å². The Morgan fingerprint density at radius 3 is 2.56 bits per heavy atom. The number of hydrogen-bond acceptors (Lipinski definition) is 5. The fourth-order valence-corrected chi connectivity index (χ4v) is 3.16. The summed E-state index contributed by atoms with van der Waals surface area (Å²) in [6.07, 6.45) is 0.733. The van der Waals surface area contributed by atoms with Gasteiger partial charge in [0.2, 0.25) is 0 Å². The van der Waals surface area contributed by atoms with E-state index in [4.69, 9.17) is 15.5 Å². The predicted octanol–water partition coefficient (Wildman–Crippen LogP) is 4.03. The Hall–Kier alpha value is -3.41. The number of carbonyl (C=O) groups excluding carboxylic acids is 1. The number of aromatic nitrogens is 3. The van der Waals surface area contributed by atoms with Crippen molar-refractivity contribution in [1.29, 1.82) is 0 Å². The average Bonchev–Trinajstić information content (AvgIpc) is 2.95. The van der Waals surface area contributed by atoms with E-state index in [1.54, 1.807) is 4.57 Å². The number of nitrogens with zero attached hydrogens (tertiary/aromatic N) is 3. The molecule has 2 aromatic carbocycles. The van der Waals surface area contributed by atoms with E-state index in [2.05, 4.69) is 4.98 Å². The summed E-state index contributed by atoms with van der Waals surface area (Å²) in [6, 6.07) is 15.4. The van der Waals surface area contributed by atoms with Gasteiger partial charge in [0.1, 0.15) is 16.9 Å². The molecule has 4 rings (SSSR count). The van der Waals surface area contributed by atoms with Crippen molar-refractivity contribution < 1.29 is 9.53 Å². The number of fused-ring (bicyclic) bond motifs is 2. The number of esters is 1. The fraction of sp³-hybridized carbons (Fsp3) is 0.190. The summed E-state index contributed by atoms with van der Waals surface area (Å²) in [7, 11) is 0. The number of para-hydroxylation sites is 2. The molecule has 0 atom stereocenters. The van der Waals surface area contributed by atoms with Gasteiger partial charge in [-0.25, -0.2) is 14.8 Å². The van der Waals surface area contributed by atoms with Crippen LogP contribution in [-0.4, -0.2) is 27.1 Å². The van der Waals surface area contributed by atoms with Crippen LogP contribution >= 0.6 is 0 Å². The summed E-state index contributed by atoms with van der Waals surface area (Å²) < 4.78 is 7.12. The molecular formula is C21H20N4O2. The lowest BCUT2D eigenvalue weighted by atomic mass is 10.2. The predicted molar refractivity (Wildman–Crippen MR) is 106 cm³/mol. The van der Waals surface area contributed by atoms with Gasteiger partial charge >= 0.3 is 5.97 Å². The second kappa shape index (κ2) is 6.72. The Morgan fingerprint density at radius 2 is 1.85 bits per heavy atom. The van der Waals surface area contributed by atoms with Crippen molar-refractivity contribution in [3.8, 4) is 5.69 Å². The minimum atomic E-state index is -0.477. The van der Waals surface area contributed by atoms with E-state index in [1.807, 2.05) is 62.4 Å². The van der Waals surface area contributed by atoms with Crippen LogP contribution in [0.2, 0.25) is 0 Å². The molecule has 0 amide bonds. The minimum absolute atomic E-state index is 0.262. The Labute approximate surface area is 156 Å². The maximum absolute atomic E-state index is 12.7. The highest BCUT2D eigenvalue weighted by Gasteiger charge is 2.25. The third-order valence-corrected chi connectivity index (χ3v) is 4.40. The van der Waals surface area contributed by atoms with Crippen LogP contribution in [0, 0.1) is 6.92 Å². The van der Waals surface area contributed by atoms with Gasteiger partial charge in [-0.1, -0.05) is 31.2 Å². The van der Waals surface area contributed by atoms with Crippen molar-refractivity contribution >= 4 is 34.0 Å². The number of benzene rings is 2. The van der Waals surface area contributed by atoms with Crippen LogP contribution in [0.4, 0.5) is 5.82 Å². The molecule has 27 heavy (non-hydrogen) atoms. The maximum atomic E-state index is 12.7. The maximum Gasteiger partial charge on any atom is 0.344 e. The number of nitrogen functional groups attached to an aromatic ring is 1. The van der Waals surface area contributed by atoms with Crippen LogP contribution < -0.4 is 5.73 Å². The molecule has 0 radical (unpaired) electrons. The van der Waals surface area contributed by atoms with Crippen molar-refractivity contribution in [3.05, 3.63) is 59.7 Å². The molecule has 2 heterocycles. The third-order valence-electron chi connectivity index (χ3n) is 4.40. The number of ether oxygens (including phenoxy) is 1. The molecular weight excluding hydrogens is 340 g/mol. The van der Waals surface area contributed by atoms with Crippen molar-refractivity contribution in [2.75, 3.05) is 12.3 Å². The van der Waals surface area contributed by atoms with Crippen molar-refractivity contribution in [3.63, 3.8) is 0 Å². The first-order valence-electron chi connectivity index (χ1n) is 8.91. The molecule has 0 bridgehead atoms. The molecule has 2 N–H and O–H groups in total. The van der Waals surface area contributed by atoms with Crippen LogP contribution in [0.3, 0.4) is 0 Å². The van der Waals surface area contributed by atoms with Crippen LogP contribution in [0.15, 0.2) is 48.5 Å². The number of carbonyl (C=O) groups is 1. The second-order valence-electron chi connectivity index (χ2n) is 6.46. The molecule has 0 aliphatic heterocycles. The Bertz CT molecular complexity index is 1160. The summed E-state index contributed by atoms with van der Waals surface area (Å²) in [5, 5.41) is 0. The average molecular weight is 360 g/mol. The van der Waals surface area contributed by atoms with Crippen LogP contribution in [0.5, 0.6) is 0 Å². The Kier molecular flexibility index (Phi) is 4.24. The van der Waals surface area contributed by atoms with Crippen molar-refractivity contribution in [2.45, 2.75) is 20.3 Å². The second-order valence-corrected chi connectivity index (χ2v) is 6.46. The molecule has 6 nitrogen and oxygen atoms in total. The third kappa shape index (κ3) is 2.89. The van der Waals surface area contributed by atoms with Gasteiger partial charge in [0, 0.05) is 5.69 Å². The number of nitrogens with two attached hydrogens (primary N) is 1. The quantitative estimate of drug-likeness (QED) is 0.556. The molecule has 0 saturated carbocycles. The molecule has 2 aromatic heterocycles. The lowest BCUT2D eigenvalue weighted by Gasteiger charge is -2.08. The van der Waals surface area contributed by atoms with Gasteiger partial charge in [0.05, 0.1) is 17.6 Å². The first-order chi connectivity index (χ1) is 13.1. The van der Waals surface area contributed by atoms with Gasteiger partial charge in [-0.3, -0.25) is 4.57 Å². The molecule has 0 fully saturated rings. The number of rotatable bonds is 4. The van der Waals surface area contributed by atoms with Crippen LogP contribution in [0.25, 0.3) is 27.9 Å². The zero-order valence-corrected chi connectivity index (χ0v) is 15.3. The summed E-state index contributed by atoms with van der Waals surface area (Å²) in [6.45, 7) is 4.28. The van der Waals surface area contributed by atoms with E-state index in [0.717, 1.165) is 23.2 Å². The van der Waals surface area contributed by atoms with Gasteiger partial charge in [-0.15, -0.1) is 0 Å². The number of anilines is 1. The summed E-state index contributed by atoms with van der Waals surface area (Å²) in [5.74, 6) is -0.192. The highest BCUT2D eigenvalue weighted by Crippen LogP contribution is 2.31. The summed E-state index contributed by atoms with van der Waals surface area (Å²) >= 11 is 0. The highest BCUT2D eigenvalue weighted by molar-refractivity contribution is 6.09. The number of aryl methyl sites for hydroxylation is 1. The van der Waals surface area contributed by atoms with Gasteiger partial charge < -0.3 is 10.5 Å². The van der Waals surface area contributed by atoms with Gasteiger partial charge in [-0.2, -0.15) is 0 Å². The van der Waals surface area contributed by atoms with Crippen molar-refractivity contribution in [2.24, 2.45) is 0 Å². The van der Waals surface area contributed by atoms with E-state index >= 15 is 0 Å². The van der Waals surface area contributed by atoms with Gasteiger partial charge in [0.25, 0.3) is 0 Å². The largest absolute Gasteiger partial charge is 0.462 e. The Balaban J connectivity index is 2.05. The first-order valence-corrected chi connectivity index (χ1v) is 8.91. The molecule has 0 aliphatic rings. The highest BCUT2D eigenvalue weighted by atomic mass is 16.5. The van der Waals surface area contributed by atoms with Gasteiger partial charge in [-0.05, 0) is 43.2 Å². The first kappa shape index (κ1) is 17.0. The van der Waals surface area contributed by atoms with Crippen LogP contribution in [0.1, 0.15) is 29.3 Å². The SMILES string of the molecule is CCCOC(=O)c1c(N)n(-c2cccc(C)c2)c2nc3ccccc3nc12. The molecule has 0 saturated heterocycles. The van der Waals surface area contributed by atoms with E-state index in [1.165, 1.54) is 0 Å². The molecule has 0 spiro atoms. The van der Waals surface area contributed by atoms with E-state index in [0.29, 0.717) is 23.3 Å². The van der Waals surface area contributed by atoms with Crippen molar-refractivity contribution in [1.82, 2.24) is 14.5 Å². The molecule has 6 heteroatoms. The van der Waals surface area contributed by atoms with E-state index in [-0.39, 0.29) is 11.4 Å². The molecule has 0 unspecified atom stereocenters. The minimum Gasteiger partial charge on any atom is -0.462 e. The fourth-order valence-electron chi connectivity index (χ4n) is 3.16. The summed E-state index contributed by atoms with van der Waals surface area (Å²) in [5.41, 5.74) is 11.0. The smallest absolute Gasteiger partial charge is 0.344 e. The van der Waals surface area contributed by atoms with E-state index < -0.39 is 5.97 Å². The standard InChI is InChI=1S/C21H20N4O2/c1-3-11-27-21(26)17-18-20(24-16-10-5-4-9-15(16)23-18)25(19(17)22)14-8-6-7-13(2)12-14/h4-10,12H,3,11,22H2,1-2H3. The Morgan fingerprint density at radius 1 is 1.11 bits per heavy atom. The molecule has 4 aromatic rings.